The van der Waals surface area contributed by atoms with E-state index in [4.69, 9.17) is 9.72 Å². The second-order valence-corrected chi connectivity index (χ2v) is 10.9. The number of pyridine rings is 1. The van der Waals surface area contributed by atoms with E-state index in [1.807, 2.05) is 38.2 Å². The van der Waals surface area contributed by atoms with Crippen LogP contribution in [0.15, 0.2) is 67.1 Å². The summed E-state index contributed by atoms with van der Waals surface area (Å²) in [7, 11) is 3.98. The van der Waals surface area contributed by atoms with E-state index in [1.54, 1.807) is 35.4 Å². The molecular weight excluding hydrogens is 528 g/mol. The van der Waals surface area contributed by atoms with Gasteiger partial charge in [0.25, 0.3) is 5.91 Å². The number of piperazine rings is 1. The van der Waals surface area contributed by atoms with Crippen molar-refractivity contribution in [1.29, 1.82) is 0 Å². The number of carbonyl (C=O) groups is 1. The number of anilines is 1. The van der Waals surface area contributed by atoms with Crippen LogP contribution < -0.4 is 10.1 Å². The second kappa shape index (κ2) is 11.7. The molecule has 0 radical (unpaired) electrons. The highest BCUT2D eigenvalue weighted by atomic mass is 16.5. The number of hydrogen-bond donors (Lipinski definition) is 1. The molecule has 0 saturated carbocycles. The Balaban J connectivity index is 1.24. The fourth-order valence-electron chi connectivity index (χ4n) is 5.15. The average Bonchev–Trinajstić information content (AvgIpc) is 3.36. The van der Waals surface area contributed by atoms with Crippen LogP contribution >= 0.6 is 0 Å². The maximum Gasteiger partial charge on any atom is 0.255 e. The van der Waals surface area contributed by atoms with Gasteiger partial charge < -0.3 is 15.0 Å². The lowest BCUT2D eigenvalue weighted by Crippen LogP contribution is -2.43. The van der Waals surface area contributed by atoms with Gasteiger partial charge >= 0.3 is 0 Å². The minimum atomic E-state index is -0.207. The van der Waals surface area contributed by atoms with Crippen LogP contribution in [-0.4, -0.2) is 73.7 Å². The Morgan fingerprint density at radius 3 is 2.60 bits per heavy atom. The molecule has 4 heterocycles. The molecule has 2 aromatic carbocycles. The van der Waals surface area contributed by atoms with Gasteiger partial charge in [-0.05, 0) is 74.0 Å². The number of aryl methyl sites for hydroxylation is 3. The molecule has 0 atom stereocenters. The molecule has 1 aliphatic heterocycles. The number of amides is 1. The van der Waals surface area contributed by atoms with Crippen molar-refractivity contribution in [1.82, 2.24) is 34.5 Å². The number of nitrogens with one attached hydrogen (secondary N) is 1. The largest absolute Gasteiger partial charge is 0.438 e. The first-order valence-corrected chi connectivity index (χ1v) is 14.0. The van der Waals surface area contributed by atoms with E-state index in [9.17, 15) is 4.79 Å². The first kappa shape index (κ1) is 27.5. The molecule has 214 valence electrons. The van der Waals surface area contributed by atoms with Gasteiger partial charge in [-0.3, -0.25) is 19.4 Å². The number of benzene rings is 2. The van der Waals surface area contributed by atoms with Crippen LogP contribution in [0.1, 0.15) is 27.0 Å². The summed E-state index contributed by atoms with van der Waals surface area (Å²) >= 11 is 0. The highest BCUT2D eigenvalue weighted by Gasteiger charge is 2.18. The molecule has 1 saturated heterocycles. The van der Waals surface area contributed by atoms with Crippen LogP contribution in [0.3, 0.4) is 0 Å². The topological polar surface area (TPSA) is 101 Å². The third-order valence-electron chi connectivity index (χ3n) is 7.53. The van der Waals surface area contributed by atoms with E-state index in [-0.39, 0.29) is 5.91 Å². The van der Waals surface area contributed by atoms with Crippen molar-refractivity contribution in [2.24, 2.45) is 7.05 Å². The zero-order chi connectivity index (χ0) is 29.2. The van der Waals surface area contributed by atoms with Gasteiger partial charge in [0.1, 0.15) is 11.1 Å². The number of fused-ring (bicyclic) bond motifs is 1. The summed E-state index contributed by atoms with van der Waals surface area (Å²) in [5.74, 6) is 1.16. The lowest BCUT2D eigenvalue weighted by molar-refractivity contribution is 0.102. The van der Waals surface area contributed by atoms with E-state index in [0.717, 1.165) is 55.1 Å². The molecule has 42 heavy (non-hydrogen) atoms. The number of hydrogen-bond acceptors (Lipinski definition) is 8. The van der Waals surface area contributed by atoms with Crippen molar-refractivity contribution in [3.05, 3.63) is 89.4 Å². The van der Waals surface area contributed by atoms with Crippen LogP contribution in [-0.2, 0) is 13.6 Å². The van der Waals surface area contributed by atoms with Crippen LogP contribution in [0.5, 0.6) is 11.6 Å². The van der Waals surface area contributed by atoms with Crippen molar-refractivity contribution in [2.45, 2.75) is 20.4 Å². The summed E-state index contributed by atoms with van der Waals surface area (Å²) in [6, 6.07) is 15.4. The zero-order valence-electron chi connectivity index (χ0n) is 24.3. The Bertz CT molecular complexity index is 1740. The van der Waals surface area contributed by atoms with Gasteiger partial charge in [0.15, 0.2) is 11.5 Å². The van der Waals surface area contributed by atoms with E-state index in [1.165, 1.54) is 5.56 Å². The zero-order valence-corrected chi connectivity index (χ0v) is 24.3. The molecule has 1 fully saturated rings. The molecule has 0 bridgehead atoms. The fraction of sp³-hybridized carbons (Fsp3) is 0.281. The monoisotopic (exact) mass is 562 g/mol. The summed E-state index contributed by atoms with van der Waals surface area (Å²) in [5.41, 5.74) is 5.84. The third-order valence-corrected chi connectivity index (χ3v) is 7.53. The maximum atomic E-state index is 13.4. The van der Waals surface area contributed by atoms with Crippen LogP contribution in [0.2, 0.25) is 0 Å². The standard InChI is InChI=1S/C32H34N8O2/c1-21-14-23(20-40-12-10-38(3)11-13-40)16-26(15-21)35-31(41)24-8-7-22(2)28(17-24)42-32-27-19-34-39(4)30(27)36-29(37-32)25-6-5-9-33-18-25/h5-9,14-19H,10-13,20H2,1-4H3,(H,35,41). The molecule has 10 heteroatoms. The summed E-state index contributed by atoms with van der Waals surface area (Å²) < 4.78 is 8.04. The normalized spacial score (nSPS) is 14.3. The predicted molar refractivity (Wildman–Crippen MR) is 163 cm³/mol. The molecule has 0 spiro atoms. The van der Waals surface area contributed by atoms with Gasteiger partial charge in [-0.25, -0.2) is 4.98 Å². The molecule has 5 aromatic rings. The van der Waals surface area contributed by atoms with E-state index >= 15 is 0 Å². The summed E-state index contributed by atoms with van der Waals surface area (Å²) in [4.78, 5) is 31.8. The molecular formula is C32H34N8O2. The minimum Gasteiger partial charge on any atom is -0.438 e. The molecule has 6 rings (SSSR count). The smallest absolute Gasteiger partial charge is 0.255 e. The Kier molecular flexibility index (Phi) is 7.64. The van der Waals surface area contributed by atoms with Gasteiger partial charge in [0.2, 0.25) is 5.88 Å². The Morgan fingerprint density at radius 2 is 1.81 bits per heavy atom. The number of rotatable bonds is 7. The van der Waals surface area contributed by atoms with Gasteiger partial charge in [-0.15, -0.1) is 0 Å². The lowest BCUT2D eigenvalue weighted by atomic mass is 10.1. The molecule has 3 aromatic heterocycles. The molecule has 1 N–H and O–H groups in total. The van der Waals surface area contributed by atoms with Crippen molar-refractivity contribution < 1.29 is 9.53 Å². The quantitative estimate of drug-likeness (QED) is 0.301. The summed E-state index contributed by atoms with van der Waals surface area (Å²) in [6.45, 7) is 9.08. The molecule has 0 unspecified atom stereocenters. The fourth-order valence-corrected chi connectivity index (χ4v) is 5.15. The van der Waals surface area contributed by atoms with Crippen molar-refractivity contribution in [3.8, 4) is 23.0 Å². The molecule has 0 aliphatic carbocycles. The first-order chi connectivity index (χ1) is 20.3. The van der Waals surface area contributed by atoms with Crippen molar-refractivity contribution in [3.63, 3.8) is 0 Å². The number of ether oxygens (including phenoxy) is 1. The van der Waals surface area contributed by atoms with Crippen LogP contribution in [0.25, 0.3) is 22.4 Å². The third kappa shape index (κ3) is 6.00. The van der Waals surface area contributed by atoms with Gasteiger partial charge in [0, 0.05) is 69.0 Å². The SMILES string of the molecule is Cc1cc(CN2CCN(C)CC2)cc(NC(=O)c2ccc(C)c(Oc3nc(-c4cccnc4)nc4c3cnn4C)c2)c1. The Morgan fingerprint density at radius 1 is 0.976 bits per heavy atom. The van der Waals surface area contributed by atoms with Crippen LogP contribution in [0, 0.1) is 13.8 Å². The predicted octanol–water partition coefficient (Wildman–Crippen LogP) is 4.83. The van der Waals surface area contributed by atoms with Gasteiger partial charge in [-0.2, -0.15) is 10.1 Å². The highest BCUT2D eigenvalue weighted by Crippen LogP contribution is 2.32. The molecule has 1 aliphatic rings. The lowest BCUT2D eigenvalue weighted by Gasteiger charge is -2.32. The summed E-state index contributed by atoms with van der Waals surface area (Å²) in [5, 5.41) is 8.12. The second-order valence-electron chi connectivity index (χ2n) is 10.9. The van der Waals surface area contributed by atoms with Gasteiger partial charge in [-0.1, -0.05) is 12.1 Å². The molecule has 1 amide bonds. The van der Waals surface area contributed by atoms with E-state index in [2.05, 4.69) is 56.3 Å². The molecule has 10 nitrogen and oxygen atoms in total. The van der Waals surface area contributed by atoms with Crippen molar-refractivity contribution >= 4 is 22.6 Å². The Labute approximate surface area is 245 Å². The Hall–Kier alpha value is -4.67. The van der Waals surface area contributed by atoms with E-state index in [0.29, 0.717) is 34.1 Å². The highest BCUT2D eigenvalue weighted by molar-refractivity contribution is 6.04. The average molecular weight is 563 g/mol. The number of nitrogens with zero attached hydrogens (tertiary/aromatic N) is 7. The summed E-state index contributed by atoms with van der Waals surface area (Å²) in [6.07, 6.45) is 5.09. The van der Waals surface area contributed by atoms with E-state index < -0.39 is 0 Å². The number of aromatic nitrogens is 5. The maximum absolute atomic E-state index is 13.4. The van der Waals surface area contributed by atoms with Crippen LogP contribution in [0.4, 0.5) is 5.69 Å². The first-order valence-electron chi connectivity index (χ1n) is 14.0. The minimum absolute atomic E-state index is 0.207. The number of carbonyl (C=O) groups excluding carboxylic acids is 1. The van der Waals surface area contributed by atoms with Crippen molar-refractivity contribution in [2.75, 3.05) is 38.5 Å². The number of likely N-dealkylation sites (N-methyl/N-ethyl adjacent to an activating group) is 1. The van der Waals surface area contributed by atoms with Gasteiger partial charge in [0.05, 0.1) is 6.20 Å².